The first kappa shape index (κ1) is 13.0. The van der Waals surface area contributed by atoms with Crippen molar-refractivity contribution in [3.05, 3.63) is 11.6 Å². The number of H-pyrrole nitrogens is 1. The number of nitrogens with zero attached hydrogens (tertiary/aromatic N) is 2. The molecule has 6 heteroatoms. The van der Waals surface area contributed by atoms with E-state index in [9.17, 15) is 9.90 Å². The first-order valence-electron chi connectivity index (χ1n) is 6.58. The summed E-state index contributed by atoms with van der Waals surface area (Å²) in [5.41, 5.74) is 0. The van der Waals surface area contributed by atoms with Crippen LogP contribution in [0.4, 0.5) is 0 Å². The van der Waals surface area contributed by atoms with Gasteiger partial charge in [-0.2, -0.15) is 0 Å². The standard InChI is InChI=1S/C12H20N4O2/c1-2-10-14-11(16-15-10)12(18)13-7-8-5-3-4-6-9(8)17/h8-9,17H,2-7H2,1H3,(H,13,18)(H,14,15,16). The Kier molecular flexibility index (Phi) is 4.30. The first-order valence-corrected chi connectivity index (χ1v) is 6.58. The molecule has 3 N–H and O–H groups in total. The van der Waals surface area contributed by atoms with Gasteiger partial charge in [-0.15, -0.1) is 5.10 Å². The maximum atomic E-state index is 11.8. The Labute approximate surface area is 106 Å². The Hall–Kier alpha value is -1.43. The van der Waals surface area contributed by atoms with Gasteiger partial charge in [-0.1, -0.05) is 19.8 Å². The molecular formula is C12H20N4O2. The van der Waals surface area contributed by atoms with Crippen LogP contribution in [0.1, 0.15) is 49.1 Å². The van der Waals surface area contributed by atoms with Gasteiger partial charge in [-0.05, 0) is 12.8 Å². The van der Waals surface area contributed by atoms with Gasteiger partial charge in [0.25, 0.3) is 5.91 Å². The van der Waals surface area contributed by atoms with E-state index in [1.165, 1.54) is 0 Å². The van der Waals surface area contributed by atoms with E-state index in [-0.39, 0.29) is 23.8 Å². The van der Waals surface area contributed by atoms with Gasteiger partial charge in [0, 0.05) is 18.9 Å². The molecule has 0 aromatic carbocycles. The summed E-state index contributed by atoms with van der Waals surface area (Å²) in [5.74, 6) is 0.769. The minimum Gasteiger partial charge on any atom is -0.393 e. The third kappa shape index (κ3) is 3.07. The van der Waals surface area contributed by atoms with Crippen molar-refractivity contribution in [1.29, 1.82) is 0 Å². The van der Waals surface area contributed by atoms with Crippen LogP contribution in [0.15, 0.2) is 0 Å². The van der Waals surface area contributed by atoms with Crippen molar-refractivity contribution in [3.8, 4) is 0 Å². The molecule has 0 radical (unpaired) electrons. The third-order valence-electron chi connectivity index (χ3n) is 3.46. The zero-order valence-electron chi connectivity index (χ0n) is 10.6. The Bertz CT molecular complexity index is 405. The quantitative estimate of drug-likeness (QED) is 0.733. The van der Waals surface area contributed by atoms with Gasteiger partial charge >= 0.3 is 0 Å². The SMILES string of the molecule is CCc1nc(C(=O)NCC2CCCCC2O)n[nH]1. The van der Waals surface area contributed by atoms with Gasteiger partial charge in [0.1, 0.15) is 5.82 Å². The molecule has 1 aromatic heterocycles. The smallest absolute Gasteiger partial charge is 0.290 e. The summed E-state index contributed by atoms with van der Waals surface area (Å²) in [5, 5.41) is 19.2. The monoisotopic (exact) mass is 252 g/mol. The van der Waals surface area contributed by atoms with Crippen molar-refractivity contribution in [3.63, 3.8) is 0 Å². The summed E-state index contributed by atoms with van der Waals surface area (Å²) >= 11 is 0. The number of hydrogen-bond acceptors (Lipinski definition) is 4. The highest BCUT2D eigenvalue weighted by molar-refractivity contribution is 5.90. The van der Waals surface area contributed by atoms with Crippen LogP contribution < -0.4 is 5.32 Å². The molecule has 1 amide bonds. The average Bonchev–Trinajstić information content (AvgIpc) is 2.86. The third-order valence-corrected chi connectivity index (χ3v) is 3.46. The van der Waals surface area contributed by atoms with Gasteiger partial charge < -0.3 is 10.4 Å². The fourth-order valence-corrected chi connectivity index (χ4v) is 2.28. The van der Waals surface area contributed by atoms with E-state index in [1.807, 2.05) is 6.92 Å². The van der Waals surface area contributed by atoms with E-state index in [1.54, 1.807) is 0 Å². The average molecular weight is 252 g/mol. The number of aryl methyl sites for hydroxylation is 1. The highest BCUT2D eigenvalue weighted by atomic mass is 16.3. The molecule has 1 saturated carbocycles. The van der Waals surface area contributed by atoms with Crippen molar-refractivity contribution in [1.82, 2.24) is 20.5 Å². The van der Waals surface area contributed by atoms with Crippen molar-refractivity contribution in [2.24, 2.45) is 5.92 Å². The fourth-order valence-electron chi connectivity index (χ4n) is 2.28. The lowest BCUT2D eigenvalue weighted by atomic mass is 9.86. The second-order valence-electron chi connectivity index (χ2n) is 4.78. The molecule has 0 saturated heterocycles. The molecular weight excluding hydrogens is 232 g/mol. The normalized spacial score (nSPS) is 23.9. The summed E-state index contributed by atoms with van der Waals surface area (Å²) in [6.07, 6.45) is 4.43. The van der Waals surface area contributed by atoms with Crippen molar-refractivity contribution in [2.75, 3.05) is 6.54 Å². The number of aliphatic hydroxyl groups is 1. The summed E-state index contributed by atoms with van der Waals surface area (Å²) in [6.45, 7) is 2.44. The van der Waals surface area contributed by atoms with Crippen LogP contribution in [-0.4, -0.2) is 38.8 Å². The van der Waals surface area contributed by atoms with Crippen LogP contribution in [0.2, 0.25) is 0 Å². The molecule has 0 aliphatic heterocycles. The summed E-state index contributed by atoms with van der Waals surface area (Å²) in [4.78, 5) is 15.9. The zero-order chi connectivity index (χ0) is 13.0. The number of carbonyl (C=O) groups excluding carboxylic acids is 1. The number of nitrogens with one attached hydrogen (secondary N) is 2. The molecule has 6 nitrogen and oxygen atoms in total. The maximum absolute atomic E-state index is 11.8. The number of hydrogen-bond donors (Lipinski definition) is 3. The van der Waals surface area contributed by atoms with Crippen LogP contribution in [-0.2, 0) is 6.42 Å². The first-order chi connectivity index (χ1) is 8.70. The Morgan fingerprint density at radius 2 is 2.28 bits per heavy atom. The van der Waals surface area contributed by atoms with Gasteiger partial charge in [0.05, 0.1) is 6.10 Å². The Morgan fingerprint density at radius 1 is 1.50 bits per heavy atom. The highest BCUT2D eigenvalue weighted by Crippen LogP contribution is 2.23. The lowest BCUT2D eigenvalue weighted by molar-refractivity contribution is 0.0660. The van der Waals surface area contributed by atoms with E-state index in [2.05, 4.69) is 20.5 Å². The van der Waals surface area contributed by atoms with Crippen molar-refractivity contribution in [2.45, 2.75) is 45.1 Å². The van der Waals surface area contributed by atoms with Crippen molar-refractivity contribution < 1.29 is 9.90 Å². The number of aromatic amines is 1. The van der Waals surface area contributed by atoms with Crippen LogP contribution >= 0.6 is 0 Å². The Balaban J connectivity index is 1.84. The van der Waals surface area contributed by atoms with Gasteiger partial charge in [-0.3, -0.25) is 9.89 Å². The summed E-state index contributed by atoms with van der Waals surface area (Å²) in [7, 11) is 0. The lowest BCUT2D eigenvalue weighted by Crippen LogP contribution is -2.37. The Morgan fingerprint density at radius 3 is 2.94 bits per heavy atom. The number of aromatic nitrogens is 3. The van der Waals surface area contributed by atoms with E-state index < -0.39 is 0 Å². The number of amides is 1. The molecule has 2 unspecified atom stereocenters. The molecule has 1 aliphatic carbocycles. The lowest BCUT2D eigenvalue weighted by Gasteiger charge is -2.27. The minimum atomic E-state index is -0.294. The molecule has 100 valence electrons. The zero-order valence-corrected chi connectivity index (χ0v) is 10.6. The van der Waals surface area contributed by atoms with E-state index in [0.717, 1.165) is 32.1 Å². The van der Waals surface area contributed by atoms with Crippen LogP contribution in [0.5, 0.6) is 0 Å². The molecule has 1 heterocycles. The van der Waals surface area contributed by atoms with E-state index in [0.29, 0.717) is 12.4 Å². The van der Waals surface area contributed by atoms with E-state index in [4.69, 9.17) is 0 Å². The minimum absolute atomic E-state index is 0.160. The molecule has 2 atom stereocenters. The molecule has 2 rings (SSSR count). The summed E-state index contributed by atoms with van der Waals surface area (Å²) < 4.78 is 0. The van der Waals surface area contributed by atoms with Crippen LogP contribution in [0.3, 0.4) is 0 Å². The molecule has 0 bridgehead atoms. The second-order valence-corrected chi connectivity index (χ2v) is 4.78. The maximum Gasteiger partial charge on any atom is 0.290 e. The molecule has 1 aliphatic rings. The topological polar surface area (TPSA) is 90.9 Å². The van der Waals surface area contributed by atoms with Gasteiger partial charge in [0.2, 0.25) is 5.82 Å². The van der Waals surface area contributed by atoms with Crippen LogP contribution in [0.25, 0.3) is 0 Å². The molecule has 18 heavy (non-hydrogen) atoms. The van der Waals surface area contributed by atoms with Gasteiger partial charge in [0.15, 0.2) is 0 Å². The largest absolute Gasteiger partial charge is 0.393 e. The number of rotatable bonds is 4. The second kappa shape index (κ2) is 5.95. The predicted octanol–water partition coefficient (Wildman–Crippen LogP) is 0.648. The number of aliphatic hydroxyl groups excluding tert-OH is 1. The predicted molar refractivity (Wildman–Crippen MR) is 66.1 cm³/mol. The molecule has 1 aromatic rings. The highest BCUT2D eigenvalue weighted by Gasteiger charge is 2.24. The molecule has 1 fully saturated rings. The summed E-state index contributed by atoms with van der Waals surface area (Å²) in [6, 6.07) is 0. The fraction of sp³-hybridized carbons (Fsp3) is 0.750. The van der Waals surface area contributed by atoms with Gasteiger partial charge in [-0.25, -0.2) is 4.98 Å². The van der Waals surface area contributed by atoms with Crippen LogP contribution in [0, 0.1) is 5.92 Å². The number of carbonyl (C=O) groups is 1. The van der Waals surface area contributed by atoms with E-state index >= 15 is 0 Å². The van der Waals surface area contributed by atoms with Crippen molar-refractivity contribution >= 4 is 5.91 Å². The molecule has 0 spiro atoms.